The summed E-state index contributed by atoms with van der Waals surface area (Å²) >= 11 is 0. The highest BCUT2D eigenvalue weighted by molar-refractivity contribution is 5.89. The summed E-state index contributed by atoms with van der Waals surface area (Å²) in [6, 6.07) is 7.61. The Morgan fingerprint density at radius 3 is 2.63 bits per heavy atom. The molecule has 1 fully saturated rings. The summed E-state index contributed by atoms with van der Waals surface area (Å²) in [7, 11) is 1.40. The van der Waals surface area contributed by atoms with Gasteiger partial charge in [0.25, 0.3) is 0 Å². The Kier molecular flexibility index (Phi) is 4.97. The van der Waals surface area contributed by atoms with Crippen LogP contribution < -0.4 is 5.32 Å². The fraction of sp³-hybridized carbons (Fsp3) is 0.562. The van der Waals surface area contributed by atoms with Crippen molar-refractivity contribution < 1.29 is 9.53 Å². The average molecular weight is 261 g/mol. The van der Waals surface area contributed by atoms with Crippen LogP contribution in [0.3, 0.4) is 0 Å². The molecule has 0 spiro atoms. The molecule has 0 heterocycles. The summed E-state index contributed by atoms with van der Waals surface area (Å²) in [5.74, 6) is 1.41. The first-order chi connectivity index (χ1) is 9.20. The lowest BCUT2D eigenvalue weighted by molar-refractivity contribution is 0.0600. The van der Waals surface area contributed by atoms with Gasteiger partial charge in [-0.3, -0.25) is 0 Å². The number of ether oxygens (including phenoxy) is 1. The molecule has 104 valence electrons. The first kappa shape index (κ1) is 14.1. The minimum atomic E-state index is -0.278. The maximum absolute atomic E-state index is 11.3. The van der Waals surface area contributed by atoms with Crippen LogP contribution in [0.5, 0.6) is 0 Å². The Balaban J connectivity index is 1.78. The molecule has 0 saturated heterocycles. The fourth-order valence-electron chi connectivity index (χ4n) is 2.80. The van der Waals surface area contributed by atoms with Crippen LogP contribution in [0, 0.1) is 11.8 Å². The quantitative estimate of drug-likeness (QED) is 0.828. The van der Waals surface area contributed by atoms with Crippen LogP contribution in [0.15, 0.2) is 24.3 Å². The van der Waals surface area contributed by atoms with E-state index in [2.05, 4.69) is 17.0 Å². The molecular weight excluding hydrogens is 238 g/mol. The third-order valence-electron chi connectivity index (χ3n) is 4.15. The third kappa shape index (κ3) is 3.80. The Morgan fingerprint density at radius 1 is 1.32 bits per heavy atom. The van der Waals surface area contributed by atoms with Crippen LogP contribution in [0.2, 0.25) is 0 Å². The van der Waals surface area contributed by atoms with E-state index >= 15 is 0 Å². The van der Waals surface area contributed by atoms with Gasteiger partial charge in [-0.1, -0.05) is 31.9 Å². The predicted octanol–water partition coefficient (Wildman–Crippen LogP) is 3.00. The second-order valence-corrected chi connectivity index (χ2v) is 5.49. The zero-order valence-electron chi connectivity index (χ0n) is 11.8. The van der Waals surface area contributed by atoms with Gasteiger partial charge >= 0.3 is 5.97 Å². The average Bonchev–Trinajstić information content (AvgIpc) is 2.84. The smallest absolute Gasteiger partial charge is 0.337 e. The number of nitrogens with one attached hydrogen (secondary N) is 1. The standard InChI is InChI=1S/C16H23NO2/c1-12-4-3-5-15(12)11-17-10-13-6-8-14(9-7-13)16(18)19-2/h6-9,12,15,17H,3-5,10-11H2,1-2H3. The Morgan fingerprint density at radius 2 is 2.05 bits per heavy atom. The van der Waals surface area contributed by atoms with Gasteiger partial charge in [0, 0.05) is 6.54 Å². The first-order valence-corrected chi connectivity index (χ1v) is 7.08. The van der Waals surface area contributed by atoms with Crippen molar-refractivity contribution in [2.24, 2.45) is 11.8 Å². The molecule has 0 amide bonds. The molecule has 1 aliphatic carbocycles. The molecule has 0 radical (unpaired) electrons. The minimum absolute atomic E-state index is 0.278. The third-order valence-corrected chi connectivity index (χ3v) is 4.15. The van der Waals surface area contributed by atoms with E-state index in [9.17, 15) is 4.79 Å². The van der Waals surface area contributed by atoms with E-state index in [0.29, 0.717) is 5.56 Å². The van der Waals surface area contributed by atoms with Crippen LogP contribution in [-0.2, 0) is 11.3 Å². The van der Waals surface area contributed by atoms with E-state index in [1.165, 1.54) is 31.9 Å². The topological polar surface area (TPSA) is 38.3 Å². The van der Waals surface area contributed by atoms with Crippen LogP contribution in [0.4, 0.5) is 0 Å². The van der Waals surface area contributed by atoms with Crippen LogP contribution in [-0.4, -0.2) is 19.6 Å². The molecule has 0 aliphatic heterocycles. The van der Waals surface area contributed by atoms with Crippen molar-refractivity contribution in [2.75, 3.05) is 13.7 Å². The van der Waals surface area contributed by atoms with E-state index in [0.717, 1.165) is 24.9 Å². The maximum atomic E-state index is 11.3. The van der Waals surface area contributed by atoms with Crippen LogP contribution in [0.25, 0.3) is 0 Å². The second kappa shape index (κ2) is 6.71. The molecule has 0 bridgehead atoms. The molecule has 3 heteroatoms. The van der Waals surface area contributed by atoms with Gasteiger partial charge in [-0.05, 0) is 42.5 Å². The summed E-state index contributed by atoms with van der Waals surface area (Å²) in [5.41, 5.74) is 1.81. The van der Waals surface area contributed by atoms with Gasteiger partial charge < -0.3 is 10.1 Å². The van der Waals surface area contributed by atoms with Crippen molar-refractivity contribution in [3.05, 3.63) is 35.4 Å². The summed E-state index contributed by atoms with van der Waals surface area (Å²) < 4.78 is 4.68. The van der Waals surface area contributed by atoms with Crippen molar-refractivity contribution in [1.82, 2.24) is 5.32 Å². The molecule has 1 aliphatic rings. The number of rotatable bonds is 5. The molecule has 1 saturated carbocycles. The lowest BCUT2D eigenvalue weighted by atomic mass is 9.98. The van der Waals surface area contributed by atoms with E-state index in [-0.39, 0.29) is 5.97 Å². The number of hydrogen-bond acceptors (Lipinski definition) is 3. The number of carbonyl (C=O) groups is 1. The highest BCUT2D eigenvalue weighted by atomic mass is 16.5. The Labute approximate surface area is 115 Å². The van der Waals surface area contributed by atoms with Gasteiger partial charge in [0.1, 0.15) is 0 Å². The van der Waals surface area contributed by atoms with Gasteiger partial charge in [0.05, 0.1) is 12.7 Å². The van der Waals surface area contributed by atoms with Crippen molar-refractivity contribution in [3.63, 3.8) is 0 Å². The number of carbonyl (C=O) groups excluding carboxylic acids is 1. The van der Waals surface area contributed by atoms with Crippen molar-refractivity contribution in [2.45, 2.75) is 32.7 Å². The monoisotopic (exact) mass is 261 g/mol. The van der Waals surface area contributed by atoms with Gasteiger partial charge in [0.15, 0.2) is 0 Å². The van der Waals surface area contributed by atoms with Gasteiger partial charge in [0.2, 0.25) is 0 Å². The van der Waals surface area contributed by atoms with Gasteiger partial charge in [-0.2, -0.15) is 0 Å². The highest BCUT2D eigenvalue weighted by Crippen LogP contribution is 2.30. The van der Waals surface area contributed by atoms with Crippen molar-refractivity contribution >= 4 is 5.97 Å². The normalized spacial score (nSPS) is 22.4. The fourth-order valence-corrected chi connectivity index (χ4v) is 2.80. The molecule has 2 unspecified atom stereocenters. The summed E-state index contributed by atoms with van der Waals surface area (Å²) in [5, 5.41) is 3.52. The zero-order chi connectivity index (χ0) is 13.7. The molecule has 2 atom stereocenters. The second-order valence-electron chi connectivity index (χ2n) is 5.49. The zero-order valence-corrected chi connectivity index (χ0v) is 11.8. The SMILES string of the molecule is COC(=O)c1ccc(CNCC2CCCC2C)cc1. The Bertz CT molecular complexity index is 413. The first-order valence-electron chi connectivity index (χ1n) is 7.08. The molecule has 1 aromatic carbocycles. The van der Waals surface area contributed by atoms with E-state index < -0.39 is 0 Å². The summed E-state index contributed by atoms with van der Waals surface area (Å²) in [6.45, 7) is 4.31. The summed E-state index contributed by atoms with van der Waals surface area (Å²) in [4.78, 5) is 11.3. The van der Waals surface area contributed by atoms with Crippen molar-refractivity contribution in [1.29, 1.82) is 0 Å². The molecule has 0 aromatic heterocycles. The van der Waals surface area contributed by atoms with E-state index in [4.69, 9.17) is 0 Å². The molecule has 2 rings (SSSR count). The maximum Gasteiger partial charge on any atom is 0.337 e. The van der Waals surface area contributed by atoms with Crippen LogP contribution in [0.1, 0.15) is 42.1 Å². The summed E-state index contributed by atoms with van der Waals surface area (Å²) in [6.07, 6.45) is 4.11. The molecule has 3 nitrogen and oxygen atoms in total. The number of methoxy groups -OCH3 is 1. The lowest BCUT2D eigenvalue weighted by Gasteiger charge is -2.16. The molecule has 1 aromatic rings. The minimum Gasteiger partial charge on any atom is -0.465 e. The van der Waals surface area contributed by atoms with E-state index in [1.54, 1.807) is 0 Å². The lowest BCUT2D eigenvalue weighted by Crippen LogP contribution is -2.23. The van der Waals surface area contributed by atoms with Crippen molar-refractivity contribution in [3.8, 4) is 0 Å². The number of esters is 1. The van der Waals surface area contributed by atoms with E-state index in [1.807, 2.05) is 24.3 Å². The predicted molar refractivity (Wildman–Crippen MR) is 76.0 cm³/mol. The van der Waals surface area contributed by atoms with Gasteiger partial charge in [-0.15, -0.1) is 0 Å². The van der Waals surface area contributed by atoms with Crippen LogP contribution >= 0.6 is 0 Å². The molecule has 1 N–H and O–H groups in total. The number of hydrogen-bond donors (Lipinski definition) is 1. The molecular formula is C16H23NO2. The molecule has 19 heavy (non-hydrogen) atoms. The number of benzene rings is 1. The largest absolute Gasteiger partial charge is 0.465 e. The van der Waals surface area contributed by atoms with Gasteiger partial charge in [-0.25, -0.2) is 4.79 Å². The Hall–Kier alpha value is -1.35. The highest BCUT2D eigenvalue weighted by Gasteiger charge is 2.22.